The molecular weight excluding hydrogens is 400 g/mol. The molecule has 7 heteroatoms. The molecule has 32 heavy (non-hydrogen) atoms. The summed E-state index contributed by atoms with van der Waals surface area (Å²) < 4.78 is 8.27. The van der Waals surface area contributed by atoms with E-state index in [9.17, 15) is 0 Å². The van der Waals surface area contributed by atoms with Gasteiger partial charge in [0.1, 0.15) is 11.3 Å². The van der Waals surface area contributed by atoms with Gasteiger partial charge in [-0.25, -0.2) is 19.9 Å². The fourth-order valence-corrected chi connectivity index (χ4v) is 5.32. The Kier molecular flexibility index (Phi) is 5.17. The molecule has 0 radical (unpaired) electrons. The van der Waals surface area contributed by atoms with E-state index in [2.05, 4.69) is 16.0 Å². The van der Waals surface area contributed by atoms with Gasteiger partial charge < -0.3 is 4.74 Å². The summed E-state index contributed by atoms with van der Waals surface area (Å²) in [6.45, 7) is 4.78. The summed E-state index contributed by atoms with van der Waals surface area (Å²) in [6, 6.07) is 0.593. The quantitative estimate of drug-likeness (QED) is 0.560. The largest absolute Gasteiger partial charge is 0.373 e. The van der Waals surface area contributed by atoms with Crippen molar-refractivity contribution in [1.82, 2.24) is 29.7 Å². The molecule has 0 amide bonds. The van der Waals surface area contributed by atoms with E-state index in [1.807, 2.05) is 20.0 Å². The normalized spacial score (nSPS) is 24.8. The van der Waals surface area contributed by atoms with Crippen molar-refractivity contribution >= 4 is 11.2 Å². The van der Waals surface area contributed by atoms with Gasteiger partial charge in [-0.3, -0.25) is 4.68 Å². The van der Waals surface area contributed by atoms with Crippen LogP contribution in [0.2, 0.25) is 0 Å². The summed E-state index contributed by atoms with van der Waals surface area (Å²) in [5.41, 5.74) is 5.92. The highest BCUT2D eigenvalue weighted by Gasteiger charge is 2.31. The highest BCUT2D eigenvalue weighted by atomic mass is 16.5. The Labute approximate surface area is 189 Å². The van der Waals surface area contributed by atoms with E-state index in [0.29, 0.717) is 12.0 Å². The molecule has 3 aromatic rings. The van der Waals surface area contributed by atoms with Crippen molar-refractivity contribution in [3.63, 3.8) is 0 Å². The van der Waals surface area contributed by atoms with Crippen molar-refractivity contribution in [1.29, 1.82) is 0 Å². The van der Waals surface area contributed by atoms with E-state index in [1.54, 1.807) is 0 Å². The van der Waals surface area contributed by atoms with Gasteiger partial charge in [-0.1, -0.05) is 19.3 Å². The van der Waals surface area contributed by atoms with Gasteiger partial charge >= 0.3 is 0 Å². The average Bonchev–Trinajstić information content (AvgIpc) is 3.56. The van der Waals surface area contributed by atoms with Crippen LogP contribution in [0.5, 0.6) is 0 Å². The summed E-state index contributed by atoms with van der Waals surface area (Å²) in [5, 5.41) is 4.57. The maximum Gasteiger partial charge on any atom is 0.182 e. The van der Waals surface area contributed by atoms with Gasteiger partial charge in [-0.15, -0.1) is 0 Å². The summed E-state index contributed by atoms with van der Waals surface area (Å²) in [7, 11) is 0. The Morgan fingerprint density at radius 1 is 0.875 bits per heavy atom. The first-order chi connectivity index (χ1) is 15.7. The zero-order valence-corrected chi connectivity index (χ0v) is 19.1. The van der Waals surface area contributed by atoms with Crippen LogP contribution < -0.4 is 0 Å². The average molecular weight is 433 g/mol. The molecule has 0 unspecified atom stereocenters. The van der Waals surface area contributed by atoms with Gasteiger partial charge in [-0.05, 0) is 52.4 Å². The molecule has 0 aromatic carbocycles. The fourth-order valence-electron chi connectivity index (χ4n) is 5.32. The third kappa shape index (κ3) is 3.81. The van der Waals surface area contributed by atoms with E-state index in [1.165, 1.54) is 50.5 Å². The number of fused-ring (bicyclic) bond motifs is 1. The minimum absolute atomic E-state index is 0.0597. The lowest BCUT2D eigenvalue weighted by Crippen LogP contribution is -2.21. The molecule has 3 fully saturated rings. The van der Waals surface area contributed by atoms with Crippen LogP contribution >= 0.6 is 0 Å². The smallest absolute Gasteiger partial charge is 0.182 e. The molecule has 1 saturated heterocycles. The highest BCUT2D eigenvalue weighted by Crippen LogP contribution is 2.40. The minimum Gasteiger partial charge on any atom is -0.373 e. The summed E-state index contributed by atoms with van der Waals surface area (Å²) in [5.74, 6) is 1.67. The number of aromatic nitrogens is 6. The molecule has 3 aromatic heterocycles. The molecule has 6 rings (SSSR count). The van der Waals surface area contributed by atoms with Gasteiger partial charge in [0.15, 0.2) is 5.65 Å². The van der Waals surface area contributed by atoms with E-state index in [0.717, 1.165) is 53.5 Å². The van der Waals surface area contributed by atoms with Gasteiger partial charge in [0, 0.05) is 30.2 Å². The Balaban J connectivity index is 1.34. The zero-order valence-electron chi connectivity index (χ0n) is 19.1. The van der Waals surface area contributed by atoms with E-state index in [-0.39, 0.29) is 12.0 Å². The first-order valence-corrected chi connectivity index (χ1v) is 12.3. The second-order valence-electron chi connectivity index (χ2n) is 9.93. The minimum atomic E-state index is 0.0597. The summed E-state index contributed by atoms with van der Waals surface area (Å²) >= 11 is 0. The topological polar surface area (TPSA) is 78.6 Å². The molecule has 0 spiro atoms. The Bertz CT molecular complexity index is 1130. The van der Waals surface area contributed by atoms with Crippen LogP contribution in [0.4, 0.5) is 0 Å². The maximum absolute atomic E-state index is 6.16. The van der Waals surface area contributed by atoms with Gasteiger partial charge in [-0.2, -0.15) is 5.10 Å². The first-order valence-electron chi connectivity index (χ1n) is 12.3. The predicted molar refractivity (Wildman–Crippen MR) is 122 cm³/mol. The monoisotopic (exact) mass is 432 g/mol. The number of aryl methyl sites for hydroxylation is 2. The molecular formula is C25H32N6O. The Morgan fingerprint density at radius 3 is 2.50 bits per heavy atom. The predicted octanol–water partition coefficient (Wildman–Crippen LogP) is 5.25. The first kappa shape index (κ1) is 20.2. The lowest BCUT2D eigenvalue weighted by molar-refractivity contribution is 0.00390. The number of rotatable bonds is 4. The van der Waals surface area contributed by atoms with Crippen LogP contribution in [-0.2, 0) is 4.74 Å². The molecule has 0 N–H and O–H groups in total. The number of nitrogens with zero attached hydrogens (tertiary/aromatic N) is 6. The highest BCUT2D eigenvalue weighted by molar-refractivity contribution is 5.73. The zero-order chi connectivity index (χ0) is 21.7. The van der Waals surface area contributed by atoms with Crippen LogP contribution in [0.3, 0.4) is 0 Å². The van der Waals surface area contributed by atoms with Crippen molar-refractivity contribution in [2.45, 2.75) is 95.6 Å². The standard InChI is InChI=1S/C25H32N6O/c1-15-16(2)28-25-23(27-15)22(17-6-4-3-5-7-17)29-24(30-25)18-10-11-32-21(12-18)19-13-26-31(14-19)20-8-9-20/h13-14,17-18,20-21H,3-12H2,1-2H3/t18-,21-/m1/s1. The van der Waals surface area contributed by atoms with E-state index >= 15 is 0 Å². The van der Waals surface area contributed by atoms with Crippen LogP contribution in [-0.4, -0.2) is 36.3 Å². The number of hydrogen-bond donors (Lipinski definition) is 0. The van der Waals surface area contributed by atoms with Crippen molar-refractivity contribution in [2.24, 2.45) is 0 Å². The fraction of sp³-hybridized carbons (Fsp3) is 0.640. The van der Waals surface area contributed by atoms with Crippen molar-refractivity contribution in [3.05, 3.63) is 40.9 Å². The van der Waals surface area contributed by atoms with Crippen molar-refractivity contribution < 1.29 is 4.74 Å². The van der Waals surface area contributed by atoms with Crippen molar-refractivity contribution in [3.8, 4) is 0 Å². The molecule has 168 valence electrons. The van der Waals surface area contributed by atoms with E-state index < -0.39 is 0 Å². The molecule has 0 bridgehead atoms. The third-order valence-corrected chi connectivity index (χ3v) is 7.54. The number of hydrogen-bond acceptors (Lipinski definition) is 6. The maximum atomic E-state index is 6.16. The molecule has 1 aliphatic heterocycles. The molecule has 2 atom stereocenters. The third-order valence-electron chi connectivity index (χ3n) is 7.54. The molecule has 2 saturated carbocycles. The summed E-state index contributed by atoms with van der Waals surface area (Å²) in [6.07, 6.45) is 14.8. The van der Waals surface area contributed by atoms with E-state index in [4.69, 9.17) is 24.7 Å². The molecule has 2 aliphatic carbocycles. The molecule has 3 aliphatic rings. The van der Waals surface area contributed by atoms with Gasteiger partial charge in [0.25, 0.3) is 0 Å². The van der Waals surface area contributed by atoms with Crippen LogP contribution in [0, 0.1) is 13.8 Å². The van der Waals surface area contributed by atoms with Crippen LogP contribution in [0.15, 0.2) is 12.4 Å². The second kappa shape index (κ2) is 8.18. The molecule has 7 nitrogen and oxygen atoms in total. The lowest BCUT2D eigenvalue weighted by Gasteiger charge is -2.29. The lowest BCUT2D eigenvalue weighted by atomic mass is 9.86. The number of ether oxygens (including phenoxy) is 1. The Morgan fingerprint density at radius 2 is 1.69 bits per heavy atom. The van der Waals surface area contributed by atoms with Gasteiger partial charge in [0.05, 0.1) is 35.4 Å². The van der Waals surface area contributed by atoms with Gasteiger partial charge in [0.2, 0.25) is 0 Å². The van der Waals surface area contributed by atoms with Crippen LogP contribution in [0.1, 0.15) is 110 Å². The SMILES string of the molecule is Cc1nc2nc([C@@H]3CCO[C@@H](c4cnn(C5CC5)c4)C3)nc(C3CCCCC3)c2nc1C. The van der Waals surface area contributed by atoms with Crippen LogP contribution in [0.25, 0.3) is 11.2 Å². The molecule has 4 heterocycles. The summed E-state index contributed by atoms with van der Waals surface area (Å²) in [4.78, 5) is 19.9. The Hall–Kier alpha value is -2.41. The van der Waals surface area contributed by atoms with Crippen molar-refractivity contribution in [2.75, 3.05) is 6.61 Å². The second-order valence-corrected chi connectivity index (χ2v) is 9.93.